The molecule has 0 aromatic heterocycles. The van der Waals surface area contributed by atoms with Crippen LogP contribution in [0.2, 0.25) is 0 Å². The SMILES string of the molecule is Cc1cccc(C(=O)N[C@H]([NH+]2CCCC2)C(Cl)(Cl)Cl)c1. The van der Waals surface area contributed by atoms with Gasteiger partial charge in [-0.2, -0.15) is 0 Å². The van der Waals surface area contributed by atoms with Crippen LogP contribution in [-0.2, 0) is 0 Å². The van der Waals surface area contributed by atoms with E-state index in [1.807, 2.05) is 25.1 Å². The fraction of sp³-hybridized carbons (Fsp3) is 0.500. The van der Waals surface area contributed by atoms with E-state index in [2.05, 4.69) is 5.32 Å². The van der Waals surface area contributed by atoms with Gasteiger partial charge in [0.15, 0.2) is 0 Å². The molecule has 2 rings (SSSR count). The number of rotatable bonds is 3. The van der Waals surface area contributed by atoms with Gasteiger partial charge in [-0.15, -0.1) is 0 Å². The van der Waals surface area contributed by atoms with Crippen LogP contribution in [0.4, 0.5) is 0 Å². The predicted octanol–water partition coefficient (Wildman–Crippen LogP) is 2.10. The first-order valence-electron chi connectivity index (χ1n) is 6.67. The number of likely N-dealkylation sites (tertiary alicyclic amines) is 1. The maximum atomic E-state index is 12.3. The van der Waals surface area contributed by atoms with E-state index in [0.717, 1.165) is 36.4 Å². The van der Waals surface area contributed by atoms with Crippen LogP contribution in [0.5, 0.6) is 0 Å². The van der Waals surface area contributed by atoms with Crippen molar-refractivity contribution in [2.45, 2.75) is 29.7 Å². The molecule has 0 bridgehead atoms. The third-order valence-electron chi connectivity index (χ3n) is 3.54. The summed E-state index contributed by atoms with van der Waals surface area (Å²) < 4.78 is -1.51. The Labute approximate surface area is 134 Å². The lowest BCUT2D eigenvalue weighted by atomic mass is 10.1. The Hall–Kier alpha value is -0.480. The average Bonchev–Trinajstić information content (AvgIpc) is 2.87. The van der Waals surface area contributed by atoms with Crippen molar-refractivity contribution in [2.24, 2.45) is 0 Å². The second-order valence-corrected chi connectivity index (χ2v) is 7.55. The zero-order valence-electron chi connectivity index (χ0n) is 11.3. The summed E-state index contributed by atoms with van der Waals surface area (Å²) in [6.45, 7) is 3.76. The Bertz CT molecular complexity index is 482. The molecule has 0 spiro atoms. The number of halogens is 3. The van der Waals surface area contributed by atoms with Gasteiger partial charge in [-0.3, -0.25) is 10.1 Å². The lowest BCUT2D eigenvalue weighted by Gasteiger charge is -2.30. The number of hydrogen-bond acceptors (Lipinski definition) is 1. The monoisotopic (exact) mass is 335 g/mol. The lowest BCUT2D eigenvalue weighted by molar-refractivity contribution is -0.915. The zero-order valence-corrected chi connectivity index (χ0v) is 13.5. The van der Waals surface area contributed by atoms with E-state index in [4.69, 9.17) is 34.8 Å². The minimum absolute atomic E-state index is 0.204. The van der Waals surface area contributed by atoms with Crippen molar-refractivity contribution in [3.63, 3.8) is 0 Å². The molecule has 1 aliphatic heterocycles. The largest absolute Gasteiger partial charge is 0.312 e. The van der Waals surface area contributed by atoms with Gasteiger partial charge >= 0.3 is 0 Å². The van der Waals surface area contributed by atoms with Crippen LogP contribution >= 0.6 is 34.8 Å². The van der Waals surface area contributed by atoms with Crippen LogP contribution in [-0.4, -0.2) is 29.0 Å². The summed E-state index contributed by atoms with van der Waals surface area (Å²) in [5.41, 5.74) is 1.61. The van der Waals surface area contributed by atoms with Crippen LogP contribution in [0.3, 0.4) is 0 Å². The minimum atomic E-state index is -1.51. The fourth-order valence-corrected chi connectivity index (χ4v) is 3.16. The topological polar surface area (TPSA) is 33.5 Å². The second kappa shape index (κ2) is 6.52. The summed E-state index contributed by atoms with van der Waals surface area (Å²) in [6, 6.07) is 7.37. The molecule has 0 aliphatic carbocycles. The van der Waals surface area contributed by atoms with Crippen molar-refractivity contribution in [3.8, 4) is 0 Å². The van der Waals surface area contributed by atoms with Gasteiger partial charge in [0.05, 0.1) is 13.1 Å². The average molecular weight is 337 g/mol. The van der Waals surface area contributed by atoms with Gasteiger partial charge in [0, 0.05) is 18.4 Å². The van der Waals surface area contributed by atoms with E-state index in [1.54, 1.807) is 6.07 Å². The van der Waals surface area contributed by atoms with E-state index in [0.29, 0.717) is 5.56 Å². The molecule has 6 heteroatoms. The van der Waals surface area contributed by atoms with E-state index in [1.165, 1.54) is 0 Å². The maximum absolute atomic E-state index is 12.3. The number of benzene rings is 1. The number of aryl methyl sites for hydroxylation is 1. The number of quaternary nitrogens is 1. The Balaban J connectivity index is 2.13. The standard InChI is InChI=1S/C14H17Cl3N2O/c1-10-5-4-6-11(9-10)12(20)18-13(14(15,16)17)19-7-2-3-8-19/h4-6,9,13H,2-3,7-8H2,1H3,(H,18,20)/p+1/t13-/m1/s1. The number of amides is 1. The second-order valence-electron chi connectivity index (χ2n) is 5.18. The quantitative estimate of drug-likeness (QED) is 0.814. The smallest absolute Gasteiger partial charge is 0.262 e. The zero-order chi connectivity index (χ0) is 14.8. The van der Waals surface area contributed by atoms with E-state index >= 15 is 0 Å². The first-order valence-corrected chi connectivity index (χ1v) is 7.80. The summed E-state index contributed by atoms with van der Waals surface area (Å²) in [7, 11) is 0. The van der Waals surface area contributed by atoms with E-state index < -0.39 is 9.96 Å². The highest BCUT2D eigenvalue weighted by atomic mass is 35.6. The number of carbonyl (C=O) groups is 1. The van der Waals surface area contributed by atoms with Crippen molar-refractivity contribution in [3.05, 3.63) is 35.4 Å². The normalized spacial score (nSPS) is 18.0. The summed E-state index contributed by atoms with van der Waals surface area (Å²) >= 11 is 18.1. The number of nitrogens with one attached hydrogen (secondary N) is 2. The highest BCUT2D eigenvalue weighted by molar-refractivity contribution is 6.68. The summed E-state index contributed by atoms with van der Waals surface area (Å²) in [4.78, 5) is 13.4. The molecule has 0 unspecified atom stereocenters. The molecule has 1 amide bonds. The van der Waals surface area contributed by atoms with Gasteiger partial charge in [0.2, 0.25) is 6.17 Å². The summed E-state index contributed by atoms with van der Waals surface area (Å²) in [5.74, 6) is -0.204. The van der Waals surface area contributed by atoms with Gasteiger partial charge in [0.1, 0.15) is 0 Å². The van der Waals surface area contributed by atoms with Crippen LogP contribution in [0.25, 0.3) is 0 Å². The highest BCUT2D eigenvalue weighted by Crippen LogP contribution is 2.28. The molecule has 0 saturated carbocycles. The highest BCUT2D eigenvalue weighted by Gasteiger charge is 2.43. The third-order valence-corrected chi connectivity index (χ3v) is 4.19. The molecule has 1 heterocycles. The Morgan fingerprint density at radius 2 is 1.95 bits per heavy atom. The Kier molecular flexibility index (Phi) is 5.19. The first kappa shape index (κ1) is 15.9. The third kappa shape index (κ3) is 4.01. The van der Waals surface area contributed by atoms with Crippen molar-refractivity contribution >= 4 is 40.7 Å². The van der Waals surface area contributed by atoms with Gasteiger partial charge in [0.25, 0.3) is 9.70 Å². The van der Waals surface area contributed by atoms with E-state index in [9.17, 15) is 4.79 Å². The Morgan fingerprint density at radius 3 is 2.50 bits per heavy atom. The maximum Gasteiger partial charge on any atom is 0.262 e. The van der Waals surface area contributed by atoms with Crippen molar-refractivity contribution in [1.82, 2.24) is 5.32 Å². The number of alkyl halides is 3. The van der Waals surface area contributed by atoms with Crippen molar-refractivity contribution in [2.75, 3.05) is 13.1 Å². The summed E-state index contributed by atoms with van der Waals surface area (Å²) in [6.07, 6.45) is 1.66. The van der Waals surface area contributed by atoms with Crippen LogP contribution < -0.4 is 10.2 Å². The number of hydrogen-bond donors (Lipinski definition) is 2. The van der Waals surface area contributed by atoms with Gasteiger partial charge in [-0.25, -0.2) is 0 Å². The van der Waals surface area contributed by atoms with Gasteiger partial charge < -0.3 is 4.90 Å². The van der Waals surface area contributed by atoms with Crippen molar-refractivity contribution in [1.29, 1.82) is 0 Å². The molecule has 20 heavy (non-hydrogen) atoms. The van der Waals surface area contributed by atoms with Gasteiger partial charge in [-0.1, -0.05) is 52.5 Å². The molecule has 1 saturated heterocycles. The van der Waals surface area contributed by atoms with E-state index in [-0.39, 0.29) is 5.91 Å². The molecule has 2 N–H and O–H groups in total. The molecule has 1 fully saturated rings. The van der Waals surface area contributed by atoms with Crippen LogP contribution in [0, 0.1) is 6.92 Å². The van der Waals surface area contributed by atoms with Crippen molar-refractivity contribution < 1.29 is 9.69 Å². The first-order chi connectivity index (χ1) is 9.38. The Morgan fingerprint density at radius 1 is 1.30 bits per heavy atom. The van der Waals surface area contributed by atoms with Crippen LogP contribution in [0.15, 0.2) is 24.3 Å². The fourth-order valence-electron chi connectivity index (χ4n) is 2.53. The molecule has 1 aromatic carbocycles. The predicted molar refractivity (Wildman–Crippen MR) is 82.7 cm³/mol. The molecule has 1 atom stereocenters. The molecular weight excluding hydrogens is 319 g/mol. The number of carbonyl (C=O) groups excluding carboxylic acids is 1. The molecule has 110 valence electrons. The molecule has 1 aliphatic rings. The van der Waals surface area contributed by atoms with Crippen LogP contribution in [0.1, 0.15) is 28.8 Å². The molecule has 3 nitrogen and oxygen atoms in total. The summed E-state index contributed by atoms with van der Waals surface area (Å²) in [5, 5.41) is 2.87. The lowest BCUT2D eigenvalue weighted by Crippen LogP contribution is -3.17. The molecule has 0 radical (unpaired) electrons. The molecular formula is C14H18Cl3N2O+. The van der Waals surface area contributed by atoms with Gasteiger partial charge in [-0.05, 0) is 19.1 Å². The minimum Gasteiger partial charge on any atom is -0.312 e. The molecule has 1 aromatic rings.